The van der Waals surface area contributed by atoms with Crippen LogP contribution in [0.25, 0.3) is 0 Å². The zero-order valence-electron chi connectivity index (χ0n) is 10.8. The molecular weight excluding hydrogens is 212 g/mol. The van der Waals surface area contributed by atoms with Gasteiger partial charge in [-0.1, -0.05) is 19.8 Å². The van der Waals surface area contributed by atoms with Gasteiger partial charge in [-0.15, -0.1) is 0 Å². The molecule has 1 aliphatic rings. The fraction of sp³-hybridized carbons (Fsp3) is 0.714. The molecule has 0 amide bonds. The van der Waals surface area contributed by atoms with Gasteiger partial charge in [-0.3, -0.25) is 4.90 Å². The fourth-order valence-electron chi connectivity index (χ4n) is 2.62. The Balaban J connectivity index is 2.08. The molecule has 17 heavy (non-hydrogen) atoms. The van der Waals surface area contributed by atoms with E-state index in [0.29, 0.717) is 6.54 Å². The van der Waals surface area contributed by atoms with E-state index < -0.39 is 0 Å². The molecule has 2 heterocycles. The second kappa shape index (κ2) is 6.22. The summed E-state index contributed by atoms with van der Waals surface area (Å²) in [5.74, 6) is 2.11. The van der Waals surface area contributed by atoms with Crippen LogP contribution in [0.3, 0.4) is 0 Å². The lowest BCUT2D eigenvalue weighted by molar-refractivity contribution is 0.184. The molecule has 1 fully saturated rings. The van der Waals surface area contributed by atoms with Crippen LogP contribution in [0.5, 0.6) is 0 Å². The highest BCUT2D eigenvalue weighted by atomic mass is 16.3. The molecule has 3 nitrogen and oxygen atoms in total. The van der Waals surface area contributed by atoms with Crippen molar-refractivity contribution < 1.29 is 4.42 Å². The molecule has 1 aliphatic heterocycles. The van der Waals surface area contributed by atoms with Crippen molar-refractivity contribution >= 4 is 0 Å². The smallest absolute Gasteiger partial charge is 0.122 e. The van der Waals surface area contributed by atoms with Crippen LogP contribution < -0.4 is 5.73 Å². The van der Waals surface area contributed by atoms with Crippen LogP contribution in [-0.2, 0) is 6.42 Å². The van der Waals surface area contributed by atoms with E-state index >= 15 is 0 Å². The predicted octanol–water partition coefficient (Wildman–Crippen LogP) is 2.72. The first-order chi connectivity index (χ1) is 8.35. The number of hydrogen-bond donors (Lipinski definition) is 1. The van der Waals surface area contributed by atoms with Crippen molar-refractivity contribution in [2.45, 2.75) is 45.1 Å². The monoisotopic (exact) mass is 236 g/mol. The van der Waals surface area contributed by atoms with E-state index in [1.54, 1.807) is 0 Å². The number of aryl methyl sites for hydroxylation is 1. The van der Waals surface area contributed by atoms with Crippen LogP contribution in [0.1, 0.15) is 50.2 Å². The van der Waals surface area contributed by atoms with Gasteiger partial charge in [-0.2, -0.15) is 0 Å². The Labute approximate surface area is 104 Å². The first-order valence-corrected chi connectivity index (χ1v) is 6.88. The molecule has 2 N–H and O–H groups in total. The first kappa shape index (κ1) is 12.7. The molecule has 1 saturated heterocycles. The summed E-state index contributed by atoms with van der Waals surface area (Å²) >= 11 is 0. The van der Waals surface area contributed by atoms with Gasteiger partial charge in [-0.05, 0) is 38.1 Å². The summed E-state index contributed by atoms with van der Waals surface area (Å²) in [5.41, 5.74) is 5.94. The molecule has 96 valence electrons. The molecule has 0 aromatic carbocycles. The van der Waals surface area contributed by atoms with Gasteiger partial charge in [0.2, 0.25) is 0 Å². The molecule has 0 radical (unpaired) electrons. The number of hydrogen-bond acceptors (Lipinski definition) is 3. The van der Waals surface area contributed by atoms with Crippen molar-refractivity contribution in [1.82, 2.24) is 4.90 Å². The lowest BCUT2D eigenvalue weighted by Gasteiger charge is -2.28. The summed E-state index contributed by atoms with van der Waals surface area (Å²) in [6.07, 6.45) is 6.24. The number of nitrogens with two attached hydrogens (primary N) is 1. The Morgan fingerprint density at radius 1 is 1.24 bits per heavy atom. The SMILES string of the molecule is CCc1ccc(C(CN)N2CCCCCC2)o1. The van der Waals surface area contributed by atoms with Gasteiger partial charge in [0, 0.05) is 13.0 Å². The number of rotatable bonds is 4. The summed E-state index contributed by atoms with van der Waals surface area (Å²) in [4.78, 5) is 2.49. The first-order valence-electron chi connectivity index (χ1n) is 6.88. The zero-order valence-corrected chi connectivity index (χ0v) is 10.8. The molecule has 3 heteroatoms. The Bertz CT molecular complexity index is 327. The second-order valence-electron chi connectivity index (χ2n) is 4.86. The minimum Gasteiger partial charge on any atom is -0.464 e. The zero-order chi connectivity index (χ0) is 12.1. The molecule has 1 aromatic rings. The lowest BCUT2D eigenvalue weighted by Crippen LogP contribution is -2.34. The van der Waals surface area contributed by atoms with Gasteiger partial charge in [0.25, 0.3) is 0 Å². The summed E-state index contributed by atoms with van der Waals surface area (Å²) in [7, 11) is 0. The molecule has 0 saturated carbocycles. The minimum absolute atomic E-state index is 0.272. The third-order valence-corrected chi connectivity index (χ3v) is 3.66. The minimum atomic E-state index is 0.272. The summed E-state index contributed by atoms with van der Waals surface area (Å²) in [5, 5.41) is 0. The molecule has 2 rings (SSSR count). The Morgan fingerprint density at radius 3 is 2.47 bits per heavy atom. The van der Waals surface area contributed by atoms with Gasteiger partial charge in [0.05, 0.1) is 6.04 Å². The van der Waals surface area contributed by atoms with Crippen molar-refractivity contribution in [1.29, 1.82) is 0 Å². The molecule has 0 aliphatic carbocycles. The van der Waals surface area contributed by atoms with E-state index in [2.05, 4.69) is 24.0 Å². The second-order valence-corrected chi connectivity index (χ2v) is 4.86. The van der Waals surface area contributed by atoms with Gasteiger partial charge < -0.3 is 10.2 Å². The maximum atomic E-state index is 5.94. The number of likely N-dealkylation sites (tertiary alicyclic amines) is 1. The molecule has 0 spiro atoms. The van der Waals surface area contributed by atoms with Crippen molar-refractivity contribution in [3.05, 3.63) is 23.7 Å². The summed E-state index contributed by atoms with van der Waals surface area (Å²) < 4.78 is 5.86. The molecule has 0 bridgehead atoms. The van der Waals surface area contributed by atoms with Crippen LogP contribution in [0.15, 0.2) is 16.5 Å². The van der Waals surface area contributed by atoms with E-state index in [4.69, 9.17) is 10.2 Å². The van der Waals surface area contributed by atoms with Crippen molar-refractivity contribution in [3.8, 4) is 0 Å². The highest BCUT2D eigenvalue weighted by Crippen LogP contribution is 2.25. The predicted molar refractivity (Wildman–Crippen MR) is 69.9 cm³/mol. The third kappa shape index (κ3) is 3.11. The topological polar surface area (TPSA) is 42.4 Å². The Kier molecular flexibility index (Phi) is 4.63. The van der Waals surface area contributed by atoms with Gasteiger partial charge in [-0.25, -0.2) is 0 Å². The Morgan fingerprint density at radius 2 is 1.94 bits per heavy atom. The van der Waals surface area contributed by atoms with Crippen LogP contribution >= 0.6 is 0 Å². The average Bonchev–Trinajstić information content (AvgIpc) is 2.66. The Hall–Kier alpha value is -0.800. The lowest BCUT2D eigenvalue weighted by atomic mass is 10.2. The molecule has 1 aromatic heterocycles. The van der Waals surface area contributed by atoms with E-state index in [-0.39, 0.29) is 6.04 Å². The highest BCUT2D eigenvalue weighted by molar-refractivity contribution is 5.11. The molecule has 1 unspecified atom stereocenters. The maximum Gasteiger partial charge on any atom is 0.122 e. The number of furan rings is 1. The van der Waals surface area contributed by atoms with E-state index in [0.717, 1.165) is 31.0 Å². The summed E-state index contributed by atoms with van der Waals surface area (Å²) in [6.45, 7) is 5.08. The van der Waals surface area contributed by atoms with Gasteiger partial charge in [0.15, 0.2) is 0 Å². The van der Waals surface area contributed by atoms with Gasteiger partial charge in [0.1, 0.15) is 11.5 Å². The molecular formula is C14H24N2O. The van der Waals surface area contributed by atoms with E-state index in [1.807, 2.05) is 0 Å². The molecule has 1 atom stereocenters. The summed E-state index contributed by atoms with van der Waals surface area (Å²) in [6, 6.07) is 4.45. The van der Waals surface area contributed by atoms with Crippen LogP contribution in [0, 0.1) is 0 Å². The van der Waals surface area contributed by atoms with E-state index in [1.165, 1.54) is 25.7 Å². The quantitative estimate of drug-likeness (QED) is 0.874. The van der Waals surface area contributed by atoms with Gasteiger partial charge >= 0.3 is 0 Å². The largest absolute Gasteiger partial charge is 0.464 e. The van der Waals surface area contributed by atoms with Crippen molar-refractivity contribution in [2.75, 3.05) is 19.6 Å². The maximum absolute atomic E-state index is 5.94. The highest BCUT2D eigenvalue weighted by Gasteiger charge is 2.22. The van der Waals surface area contributed by atoms with Crippen molar-refractivity contribution in [3.63, 3.8) is 0 Å². The van der Waals surface area contributed by atoms with Crippen LogP contribution in [0.2, 0.25) is 0 Å². The van der Waals surface area contributed by atoms with Crippen LogP contribution in [-0.4, -0.2) is 24.5 Å². The third-order valence-electron chi connectivity index (χ3n) is 3.66. The van der Waals surface area contributed by atoms with Crippen LogP contribution in [0.4, 0.5) is 0 Å². The van der Waals surface area contributed by atoms with Crippen molar-refractivity contribution in [2.24, 2.45) is 5.73 Å². The average molecular weight is 236 g/mol. The fourth-order valence-corrected chi connectivity index (χ4v) is 2.62. The normalized spacial score (nSPS) is 20.1. The van der Waals surface area contributed by atoms with E-state index in [9.17, 15) is 0 Å². The number of nitrogens with zero attached hydrogens (tertiary/aromatic N) is 1. The standard InChI is InChI=1S/C14H24N2O/c1-2-12-7-8-14(17-12)13(11-15)16-9-5-3-4-6-10-16/h7-8,13H,2-6,9-11,15H2,1H3.